The van der Waals surface area contributed by atoms with Crippen LogP contribution in [0.25, 0.3) is 0 Å². The van der Waals surface area contributed by atoms with Crippen LogP contribution in [0.4, 0.5) is 5.69 Å². The fourth-order valence-corrected chi connectivity index (χ4v) is 3.72. The van der Waals surface area contributed by atoms with E-state index >= 15 is 0 Å². The van der Waals surface area contributed by atoms with E-state index < -0.39 is 0 Å². The highest BCUT2D eigenvalue weighted by molar-refractivity contribution is 9.10. The third-order valence-corrected chi connectivity index (χ3v) is 5.10. The molecule has 2 aromatic carbocycles. The predicted octanol–water partition coefficient (Wildman–Crippen LogP) is 2.67. The highest BCUT2D eigenvalue weighted by Gasteiger charge is 2.22. The van der Waals surface area contributed by atoms with E-state index in [1.54, 1.807) is 12.0 Å². The Labute approximate surface area is 147 Å². The summed E-state index contributed by atoms with van der Waals surface area (Å²) in [5.74, 6) is 0.988. The number of piperazine rings is 1. The summed E-state index contributed by atoms with van der Waals surface area (Å²) in [5, 5.41) is 0. The second-order valence-corrected chi connectivity index (χ2v) is 7.07. The molecule has 1 saturated heterocycles. The number of halogens is 1. The van der Waals surface area contributed by atoms with Crippen LogP contribution < -0.4 is 14.5 Å². The quantitative estimate of drug-likeness (QED) is 0.884. The van der Waals surface area contributed by atoms with Gasteiger partial charge in [0.2, 0.25) is 0 Å². The highest BCUT2D eigenvalue weighted by atomic mass is 79.9. The number of ether oxygens (including phenoxy) is 1. The second kappa shape index (κ2) is 7.37. The number of nitrogens with zero attached hydrogens (tertiary/aromatic N) is 1. The van der Waals surface area contributed by atoms with Gasteiger partial charge < -0.3 is 14.5 Å². The van der Waals surface area contributed by atoms with Gasteiger partial charge in [0.15, 0.2) is 0 Å². The molecular weight excluding hydrogens is 352 g/mol. The van der Waals surface area contributed by atoms with Crippen molar-refractivity contribution in [2.75, 3.05) is 38.2 Å². The molecule has 0 spiro atoms. The van der Waals surface area contributed by atoms with Gasteiger partial charge in [0, 0.05) is 15.7 Å². The molecule has 4 heteroatoms. The van der Waals surface area contributed by atoms with Gasteiger partial charge >= 0.3 is 0 Å². The van der Waals surface area contributed by atoms with Crippen LogP contribution in [0.5, 0.6) is 5.75 Å². The van der Waals surface area contributed by atoms with Crippen molar-refractivity contribution in [2.24, 2.45) is 0 Å². The number of quaternary nitrogens is 1. The van der Waals surface area contributed by atoms with Crippen LogP contribution in [0.3, 0.4) is 0 Å². The topological polar surface area (TPSA) is 16.9 Å². The summed E-state index contributed by atoms with van der Waals surface area (Å²) in [4.78, 5) is 4.13. The normalized spacial score (nSPS) is 15.7. The number of methoxy groups -OCH3 is 1. The molecule has 23 heavy (non-hydrogen) atoms. The van der Waals surface area contributed by atoms with Crippen LogP contribution in [-0.2, 0) is 6.54 Å². The van der Waals surface area contributed by atoms with E-state index in [1.807, 2.05) is 12.1 Å². The van der Waals surface area contributed by atoms with E-state index in [2.05, 4.69) is 58.1 Å². The zero-order chi connectivity index (χ0) is 16.2. The van der Waals surface area contributed by atoms with Crippen molar-refractivity contribution in [1.29, 1.82) is 0 Å². The number of aryl methyl sites for hydroxylation is 1. The van der Waals surface area contributed by atoms with Crippen LogP contribution in [0.15, 0.2) is 46.9 Å². The first-order valence-corrected chi connectivity index (χ1v) is 8.93. The molecular formula is C19H24BrN2O+. The minimum Gasteiger partial charge on any atom is -0.496 e. The number of hydrogen-bond acceptors (Lipinski definition) is 2. The number of anilines is 1. The van der Waals surface area contributed by atoms with E-state index in [4.69, 9.17) is 4.74 Å². The molecule has 1 fully saturated rings. The molecule has 1 aliphatic heterocycles. The standard InChI is InChI=1S/C19H23BrN2O/c1-15-5-3-4-6-18(15)22-11-9-21(10-12-22)14-16-13-17(20)7-8-19(16)23-2/h3-8,13H,9-12,14H2,1-2H3/p+1. The lowest BCUT2D eigenvalue weighted by atomic mass is 10.1. The van der Waals surface area contributed by atoms with Crippen molar-refractivity contribution in [3.05, 3.63) is 58.1 Å². The number of para-hydroxylation sites is 1. The molecule has 1 heterocycles. The molecule has 0 saturated carbocycles. The van der Waals surface area contributed by atoms with Crippen molar-refractivity contribution >= 4 is 21.6 Å². The molecule has 0 radical (unpaired) electrons. The Morgan fingerprint density at radius 2 is 1.87 bits per heavy atom. The summed E-state index contributed by atoms with van der Waals surface area (Å²) in [6.07, 6.45) is 0. The van der Waals surface area contributed by atoms with Crippen molar-refractivity contribution in [3.8, 4) is 5.75 Å². The van der Waals surface area contributed by atoms with Gasteiger partial charge in [-0.1, -0.05) is 34.1 Å². The van der Waals surface area contributed by atoms with E-state index in [0.717, 1.165) is 42.9 Å². The number of benzene rings is 2. The number of nitrogens with one attached hydrogen (secondary N) is 1. The van der Waals surface area contributed by atoms with Crippen molar-refractivity contribution < 1.29 is 9.64 Å². The Balaban J connectivity index is 1.64. The maximum atomic E-state index is 5.50. The van der Waals surface area contributed by atoms with Crippen LogP contribution in [0.2, 0.25) is 0 Å². The average molecular weight is 376 g/mol. The predicted molar refractivity (Wildman–Crippen MR) is 98.5 cm³/mol. The van der Waals surface area contributed by atoms with Gasteiger partial charge in [-0.25, -0.2) is 0 Å². The minimum absolute atomic E-state index is 0.988. The zero-order valence-corrected chi connectivity index (χ0v) is 15.4. The first-order chi connectivity index (χ1) is 11.2. The Kier molecular flexibility index (Phi) is 5.23. The molecule has 0 bridgehead atoms. The van der Waals surface area contributed by atoms with Crippen molar-refractivity contribution in [3.63, 3.8) is 0 Å². The van der Waals surface area contributed by atoms with Gasteiger partial charge in [-0.05, 0) is 36.8 Å². The first kappa shape index (κ1) is 16.3. The monoisotopic (exact) mass is 375 g/mol. The molecule has 1 aliphatic rings. The fraction of sp³-hybridized carbons (Fsp3) is 0.368. The van der Waals surface area contributed by atoms with Crippen LogP contribution >= 0.6 is 15.9 Å². The molecule has 1 N–H and O–H groups in total. The van der Waals surface area contributed by atoms with E-state index in [-0.39, 0.29) is 0 Å². The second-order valence-electron chi connectivity index (χ2n) is 6.16. The Morgan fingerprint density at radius 1 is 1.13 bits per heavy atom. The highest BCUT2D eigenvalue weighted by Crippen LogP contribution is 2.22. The van der Waals surface area contributed by atoms with Crippen LogP contribution in [0.1, 0.15) is 11.1 Å². The summed E-state index contributed by atoms with van der Waals surface area (Å²) in [6.45, 7) is 7.74. The molecule has 3 nitrogen and oxygen atoms in total. The SMILES string of the molecule is COc1ccc(Br)cc1C[NH+]1CCN(c2ccccc2C)CC1. The summed E-state index contributed by atoms with van der Waals surface area (Å²) >= 11 is 3.57. The van der Waals surface area contributed by atoms with E-state index in [9.17, 15) is 0 Å². The molecule has 3 rings (SSSR count). The van der Waals surface area contributed by atoms with Gasteiger partial charge in [0.05, 0.1) is 33.3 Å². The minimum atomic E-state index is 0.988. The summed E-state index contributed by atoms with van der Waals surface area (Å²) in [7, 11) is 1.75. The van der Waals surface area contributed by atoms with Crippen LogP contribution in [0, 0.1) is 6.92 Å². The molecule has 0 aliphatic carbocycles. The lowest BCUT2D eigenvalue weighted by Crippen LogP contribution is -3.13. The van der Waals surface area contributed by atoms with Crippen molar-refractivity contribution in [1.82, 2.24) is 0 Å². The smallest absolute Gasteiger partial charge is 0.127 e. The van der Waals surface area contributed by atoms with Crippen molar-refractivity contribution in [2.45, 2.75) is 13.5 Å². The maximum Gasteiger partial charge on any atom is 0.127 e. The average Bonchev–Trinajstić information content (AvgIpc) is 2.56. The molecule has 2 aromatic rings. The maximum absolute atomic E-state index is 5.50. The molecule has 0 unspecified atom stereocenters. The molecule has 0 amide bonds. The molecule has 122 valence electrons. The third kappa shape index (κ3) is 3.88. The van der Waals surface area contributed by atoms with Gasteiger partial charge in [-0.3, -0.25) is 0 Å². The summed E-state index contributed by atoms with van der Waals surface area (Å²) in [5.41, 5.74) is 4.03. The Morgan fingerprint density at radius 3 is 2.57 bits per heavy atom. The van der Waals surface area contributed by atoms with Crippen LogP contribution in [-0.4, -0.2) is 33.3 Å². The summed E-state index contributed by atoms with van der Waals surface area (Å²) in [6, 6.07) is 14.9. The summed E-state index contributed by atoms with van der Waals surface area (Å²) < 4.78 is 6.62. The fourth-order valence-electron chi connectivity index (χ4n) is 3.31. The third-order valence-electron chi connectivity index (χ3n) is 4.61. The zero-order valence-electron chi connectivity index (χ0n) is 13.8. The lowest BCUT2D eigenvalue weighted by Gasteiger charge is -2.34. The van der Waals surface area contributed by atoms with Gasteiger partial charge in [0.25, 0.3) is 0 Å². The van der Waals surface area contributed by atoms with Gasteiger partial charge in [0.1, 0.15) is 12.3 Å². The lowest BCUT2D eigenvalue weighted by molar-refractivity contribution is -0.914. The van der Waals surface area contributed by atoms with E-state index in [0.29, 0.717) is 0 Å². The number of rotatable bonds is 4. The number of hydrogen-bond donors (Lipinski definition) is 1. The Bertz CT molecular complexity index is 666. The largest absolute Gasteiger partial charge is 0.496 e. The molecule has 0 atom stereocenters. The Hall–Kier alpha value is -1.52. The van der Waals surface area contributed by atoms with E-state index in [1.165, 1.54) is 16.8 Å². The van der Waals surface area contributed by atoms with Gasteiger partial charge in [-0.2, -0.15) is 0 Å². The first-order valence-electron chi connectivity index (χ1n) is 8.14. The molecule has 0 aromatic heterocycles. The van der Waals surface area contributed by atoms with Gasteiger partial charge in [-0.15, -0.1) is 0 Å².